The summed E-state index contributed by atoms with van der Waals surface area (Å²) in [6, 6.07) is 0.340. The van der Waals surface area contributed by atoms with Gasteiger partial charge in [0.1, 0.15) is 16.7 Å². The number of aromatic nitrogens is 4. The van der Waals surface area contributed by atoms with Crippen molar-refractivity contribution in [2.45, 2.75) is 18.9 Å². The summed E-state index contributed by atoms with van der Waals surface area (Å²) in [6.45, 7) is 2.00. The molecule has 0 amide bonds. The smallest absolute Gasteiger partial charge is 0.164 e. The molecule has 8 heteroatoms. The Bertz CT molecular complexity index is 551. The highest BCUT2D eigenvalue weighted by Crippen LogP contribution is 2.29. The van der Waals surface area contributed by atoms with Gasteiger partial charge in [-0.05, 0) is 35.3 Å². The van der Waals surface area contributed by atoms with Gasteiger partial charge in [-0.15, -0.1) is 12.4 Å². The van der Waals surface area contributed by atoms with Crippen LogP contribution < -0.4 is 11.1 Å². The second kappa shape index (κ2) is 5.38. The maximum absolute atomic E-state index is 5.85. The average molecular weight is 334 g/mol. The number of piperidine rings is 1. The standard InChI is InChI=1S/C10H13BrN6.ClH/c11-8-7-9(12)14-5-15-10(7)17(16-8)6-2-1-3-13-4-6;/h5-6,13H,1-4H2,(H2,12,14,15);1H/t6-;/m1./s1. The average Bonchev–Trinajstić information content (AvgIpc) is 2.69. The molecule has 0 spiro atoms. The summed E-state index contributed by atoms with van der Waals surface area (Å²) in [5, 5.41) is 8.66. The maximum Gasteiger partial charge on any atom is 0.164 e. The lowest BCUT2D eigenvalue weighted by Gasteiger charge is -2.23. The van der Waals surface area contributed by atoms with Crippen LogP contribution in [0.5, 0.6) is 0 Å². The molecule has 3 heterocycles. The molecule has 2 aromatic rings. The third-order valence-electron chi connectivity index (χ3n) is 3.09. The predicted molar refractivity (Wildman–Crippen MR) is 75.8 cm³/mol. The van der Waals surface area contributed by atoms with Crippen LogP contribution in [0, 0.1) is 0 Å². The number of nitrogens with one attached hydrogen (secondary N) is 1. The van der Waals surface area contributed by atoms with Crippen molar-refractivity contribution in [3.05, 3.63) is 10.9 Å². The van der Waals surface area contributed by atoms with Gasteiger partial charge >= 0.3 is 0 Å². The molecule has 0 aromatic carbocycles. The summed E-state index contributed by atoms with van der Waals surface area (Å²) in [7, 11) is 0. The SMILES string of the molecule is Cl.Nc1ncnc2c1c(Br)nn2[C@@H]1CCCNC1. The van der Waals surface area contributed by atoms with E-state index in [0.717, 1.165) is 41.6 Å². The molecule has 1 atom stereocenters. The van der Waals surface area contributed by atoms with E-state index < -0.39 is 0 Å². The van der Waals surface area contributed by atoms with Crippen LogP contribution in [0.15, 0.2) is 10.9 Å². The van der Waals surface area contributed by atoms with E-state index in [1.807, 2.05) is 4.68 Å². The Hall–Kier alpha value is -0.920. The van der Waals surface area contributed by atoms with Gasteiger partial charge in [-0.25, -0.2) is 14.6 Å². The van der Waals surface area contributed by atoms with Crippen molar-refractivity contribution < 1.29 is 0 Å². The van der Waals surface area contributed by atoms with E-state index in [0.29, 0.717) is 11.9 Å². The van der Waals surface area contributed by atoms with Crippen molar-refractivity contribution in [1.82, 2.24) is 25.1 Å². The van der Waals surface area contributed by atoms with Gasteiger partial charge in [-0.3, -0.25) is 0 Å². The number of hydrogen-bond acceptors (Lipinski definition) is 5. The van der Waals surface area contributed by atoms with Crippen LogP contribution in [0.3, 0.4) is 0 Å². The number of nitrogens with zero attached hydrogens (tertiary/aromatic N) is 4. The van der Waals surface area contributed by atoms with Gasteiger partial charge in [0.25, 0.3) is 0 Å². The first-order valence-electron chi connectivity index (χ1n) is 5.62. The van der Waals surface area contributed by atoms with Gasteiger partial charge in [-0.1, -0.05) is 0 Å². The minimum atomic E-state index is 0. The molecular weight excluding hydrogens is 320 g/mol. The van der Waals surface area contributed by atoms with Crippen LogP contribution in [-0.4, -0.2) is 32.8 Å². The molecule has 0 bridgehead atoms. The highest BCUT2D eigenvalue weighted by Gasteiger charge is 2.21. The summed E-state index contributed by atoms with van der Waals surface area (Å²) in [5.74, 6) is 0.469. The Morgan fingerprint density at radius 1 is 1.44 bits per heavy atom. The van der Waals surface area contributed by atoms with Gasteiger partial charge < -0.3 is 11.1 Å². The van der Waals surface area contributed by atoms with Crippen molar-refractivity contribution in [2.75, 3.05) is 18.8 Å². The van der Waals surface area contributed by atoms with Gasteiger partial charge in [-0.2, -0.15) is 5.10 Å². The van der Waals surface area contributed by atoms with Crippen molar-refractivity contribution in [3.63, 3.8) is 0 Å². The van der Waals surface area contributed by atoms with E-state index >= 15 is 0 Å². The quantitative estimate of drug-likeness (QED) is 0.827. The Kier molecular flexibility index (Phi) is 4.04. The summed E-state index contributed by atoms with van der Waals surface area (Å²) in [4.78, 5) is 8.28. The minimum Gasteiger partial charge on any atom is -0.383 e. The number of nitrogens with two attached hydrogens (primary N) is 1. The van der Waals surface area contributed by atoms with Gasteiger partial charge in [0.05, 0.1) is 11.4 Å². The van der Waals surface area contributed by atoms with E-state index in [4.69, 9.17) is 5.73 Å². The Morgan fingerprint density at radius 3 is 3.00 bits per heavy atom. The van der Waals surface area contributed by atoms with Crippen LogP contribution in [0.4, 0.5) is 5.82 Å². The highest BCUT2D eigenvalue weighted by atomic mass is 79.9. The van der Waals surface area contributed by atoms with Crippen LogP contribution in [0.2, 0.25) is 0 Å². The highest BCUT2D eigenvalue weighted by molar-refractivity contribution is 9.10. The number of nitrogen functional groups attached to an aromatic ring is 1. The Morgan fingerprint density at radius 2 is 2.28 bits per heavy atom. The maximum atomic E-state index is 5.85. The lowest BCUT2D eigenvalue weighted by molar-refractivity contribution is 0.352. The third kappa shape index (κ3) is 2.17. The number of anilines is 1. The molecule has 1 fully saturated rings. The second-order valence-corrected chi connectivity index (χ2v) is 4.94. The molecule has 18 heavy (non-hydrogen) atoms. The molecule has 1 aliphatic rings. The largest absolute Gasteiger partial charge is 0.383 e. The summed E-state index contributed by atoms with van der Waals surface area (Å²) >= 11 is 3.42. The molecule has 0 radical (unpaired) electrons. The lowest BCUT2D eigenvalue weighted by Crippen LogP contribution is -2.32. The topological polar surface area (TPSA) is 81.7 Å². The zero-order valence-electron chi connectivity index (χ0n) is 9.64. The van der Waals surface area contributed by atoms with Crippen molar-refractivity contribution in [3.8, 4) is 0 Å². The fourth-order valence-corrected chi connectivity index (χ4v) is 2.80. The van der Waals surface area contributed by atoms with Gasteiger partial charge in [0.15, 0.2) is 5.65 Å². The van der Waals surface area contributed by atoms with E-state index in [9.17, 15) is 0 Å². The first-order chi connectivity index (χ1) is 8.27. The molecule has 0 aliphatic carbocycles. The number of fused-ring (bicyclic) bond motifs is 1. The van der Waals surface area contributed by atoms with E-state index in [2.05, 4.69) is 36.3 Å². The summed E-state index contributed by atoms with van der Waals surface area (Å²) in [5.41, 5.74) is 6.65. The van der Waals surface area contributed by atoms with Gasteiger partial charge in [0, 0.05) is 6.54 Å². The molecule has 6 nitrogen and oxygen atoms in total. The number of halogens is 2. The van der Waals surface area contributed by atoms with E-state index in [1.165, 1.54) is 6.33 Å². The zero-order valence-corrected chi connectivity index (χ0v) is 12.0. The molecule has 0 saturated carbocycles. The van der Waals surface area contributed by atoms with Crippen LogP contribution in [0.25, 0.3) is 11.0 Å². The van der Waals surface area contributed by atoms with Crippen molar-refractivity contribution in [2.24, 2.45) is 0 Å². The number of rotatable bonds is 1. The predicted octanol–water partition coefficient (Wildman–Crippen LogP) is 1.52. The monoisotopic (exact) mass is 332 g/mol. The van der Waals surface area contributed by atoms with Gasteiger partial charge in [0.2, 0.25) is 0 Å². The fourth-order valence-electron chi connectivity index (χ4n) is 2.25. The summed E-state index contributed by atoms with van der Waals surface area (Å²) < 4.78 is 2.67. The normalized spacial score (nSPS) is 19.7. The first-order valence-corrected chi connectivity index (χ1v) is 6.41. The van der Waals surface area contributed by atoms with Crippen molar-refractivity contribution >= 4 is 45.2 Å². The third-order valence-corrected chi connectivity index (χ3v) is 3.65. The minimum absolute atomic E-state index is 0. The molecule has 3 rings (SSSR count). The molecule has 1 aliphatic heterocycles. The van der Waals surface area contributed by atoms with Crippen LogP contribution >= 0.6 is 28.3 Å². The van der Waals surface area contributed by atoms with Crippen molar-refractivity contribution in [1.29, 1.82) is 0 Å². The molecule has 0 unspecified atom stereocenters. The van der Waals surface area contributed by atoms with Crippen LogP contribution in [-0.2, 0) is 0 Å². The molecule has 3 N–H and O–H groups in total. The Balaban J connectivity index is 0.00000120. The molecule has 98 valence electrons. The Labute approximate surface area is 119 Å². The second-order valence-electron chi connectivity index (χ2n) is 4.19. The lowest BCUT2D eigenvalue weighted by atomic mass is 10.1. The van der Waals surface area contributed by atoms with E-state index in [1.54, 1.807) is 0 Å². The van der Waals surface area contributed by atoms with Crippen LogP contribution in [0.1, 0.15) is 18.9 Å². The molecular formula is C10H14BrClN6. The molecule has 1 saturated heterocycles. The summed E-state index contributed by atoms with van der Waals surface area (Å²) in [6.07, 6.45) is 3.75. The molecule has 2 aromatic heterocycles. The number of hydrogen-bond donors (Lipinski definition) is 2. The first kappa shape index (κ1) is 13.5. The fraction of sp³-hybridized carbons (Fsp3) is 0.500. The zero-order chi connectivity index (χ0) is 11.8. The van der Waals surface area contributed by atoms with E-state index in [-0.39, 0.29) is 12.4 Å².